The van der Waals surface area contributed by atoms with Gasteiger partial charge < -0.3 is 15.6 Å². The molecule has 0 unspecified atom stereocenters. The zero-order valence-corrected chi connectivity index (χ0v) is 11.8. The summed E-state index contributed by atoms with van der Waals surface area (Å²) in [6, 6.07) is -0.503. The van der Waals surface area contributed by atoms with Crippen molar-refractivity contribution in [1.82, 2.24) is 25.4 Å². The van der Waals surface area contributed by atoms with Crippen molar-refractivity contribution in [3.8, 4) is 0 Å². The van der Waals surface area contributed by atoms with Crippen LogP contribution < -0.4 is 16.4 Å². The summed E-state index contributed by atoms with van der Waals surface area (Å²) in [6.45, 7) is 3.00. The first kappa shape index (κ1) is 15.4. The highest BCUT2D eigenvalue weighted by molar-refractivity contribution is 7.99. The highest BCUT2D eigenvalue weighted by Crippen LogP contribution is 2.17. The summed E-state index contributed by atoms with van der Waals surface area (Å²) in [5, 5.41) is 13.2. The van der Waals surface area contributed by atoms with Gasteiger partial charge in [0, 0.05) is 32.3 Å². The van der Waals surface area contributed by atoms with Crippen molar-refractivity contribution in [1.29, 1.82) is 0 Å². The number of aryl methyl sites for hydroxylation is 1. The Bertz CT molecular complexity index is 447. The first-order chi connectivity index (χ1) is 9.08. The average molecular weight is 286 g/mol. The van der Waals surface area contributed by atoms with E-state index in [1.54, 1.807) is 0 Å². The second-order valence-corrected chi connectivity index (χ2v) is 4.76. The average Bonchev–Trinajstić information content (AvgIpc) is 2.72. The lowest BCUT2D eigenvalue weighted by molar-refractivity contribution is -0.119. The summed E-state index contributed by atoms with van der Waals surface area (Å²) in [5.41, 5.74) is 5.51. The minimum Gasteiger partial charge on any atom is -0.341 e. The number of imide groups is 1. The zero-order chi connectivity index (χ0) is 14.3. The van der Waals surface area contributed by atoms with Gasteiger partial charge in [0.15, 0.2) is 5.16 Å². The molecule has 0 aromatic carbocycles. The Labute approximate surface area is 115 Å². The first-order valence-corrected chi connectivity index (χ1v) is 6.81. The predicted molar refractivity (Wildman–Crippen MR) is 71.8 cm³/mol. The lowest BCUT2D eigenvalue weighted by Gasteiger charge is -2.06. The fourth-order valence-corrected chi connectivity index (χ4v) is 2.29. The van der Waals surface area contributed by atoms with Gasteiger partial charge in [-0.15, -0.1) is 10.2 Å². The molecule has 0 spiro atoms. The number of rotatable bonds is 6. The number of thioether (sulfide) groups is 1. The van der Waals surface area contributed by atoms with Gasteiger partial charge in [0.05, 0.1) is 0 Å². The number of urea groups is 1. The Balaban J connectivity index is 2.41. The monoisotopic (exact) mass is 286 g/mol. The molecule has 3 amide bonds. The van der Waals surface area contributed by atoms with Crippen molar-refractivity contribution in [2.45, 2.75) is 25.0 Å². The molecule has 0 bridgehead atoms. The molecule has 1 aromatic heterocycles. The van der Waals surface area contributed by atoms with E-state index in [-0.39, 0.29) is 12.3 Å². The number of carbonyl (C=O) groups is 2. The molecule has 4 N–H and O–H groups in total. The van der Waals surface area contributed by atoms with Crippen molar-refractivity contribution in [2.24, 2.45) is 5.73 Å². The summed E-state index contributed by atoms with van der Waals surface area (Å²) in [7, 11) is 1.45. The van der Waals surface area contributed by atoms with Gasteiger partial charge in [-0.1, -0.05) is 11.8 Å². The van der Waals surface area contributed by atoms with Crippen molar-refractivity contribution in [3.63, 3.8) is 0 Å². The zero-order valence-electron chi connectivity index (χ0n) is 11.0. The second-order valence-electron chi connectivity index (χ2n) is 3.70. The van der Waals surface area contributed by atoms with Gasteiger partial charge in [-0.2, -0.15) is 0 Å². The molecule has 0 saturated carbocycles. The van der Waals surface area contributed by atoms with Gasteiger partial charge in [0.2, 0.25) is 5.91 Å². The number of nitrogens with one attached hydrogen (secondary N) is 2. The molecule has 0 aliphatic heterocycles. The topological polar surface area (TPSA) is 115 Å². The Morgan fingerprint density at radius 3 is 2.79 bits per heavy atom. The Morgan fingerprint density at radius 1 is 1.42 bits per heavy atom. The molecule has 1 aromatic rings. The number of amides is 3. The van der Waals surface area contributed by atoms with Crippen molar-refractivity contribution in [3.05, 3.63) is 5.82 Å². The normalized spacial score (nSPS) is 10.3. The van der Waals surface area contributed by atoms with Gasteiger partial charge in [0.1, 0.15) is 5.82 Å². The van der Waals surface area contributed by atoms with E-state index in [0.29, 0.717) is 18.8 Å². The summed E-state index contributed by atoms with van der Waals surface area (Å²) in [4.78, 5) is 22.3. The van der Waals surface area contributed by atoms with Crippen LogP contribution in [0, 0.1) is 6.92 Å². The summed E-state index contributed by atoms with van der Waals surface area (Å²) in [5.74, 6) is 0.988. The SMILES string of the molecule is CNC(=O)NC(=O)CCSc1nnc(C)n1CCN. The highest BCUT2D eigenvalue weighted by atomic mass is 32.2. The van der Waals surface area contributed by atoms with Gasteiger partial charge in [-0.25, -0.2) is 4.79 Å². The van der Waals surface area contributed by atoms with Crippen molar-refractivity contribution in [2.75, 3.05) is 19.3 Å². The number of hydrogen-bond acceptors (Lipinski definition) is 6. The molecule has 0 fully saturated rings. The standard InChI is InChI=1S/C10H18N6O2S/c1-7-14-15-10(16(7)5-4-11)19-6-3-8(17)13-9(18)12-2/h3-6,11H2,1-2H3,(H2,12,13,17,18). The molecule has 8 nitrogen and oxygen atoms in total. The van der Waals surface area contributed by atoms with E-state index in [1.165, 1.54) is 18.8 Å². The Hall–Kier alpha value is -1.61. The third kappa shape index (κ3) is 4.87. The van der Waals surface area contributed by atoms with Crippen LogP contribution >= 0.6 is 11.8 Å². The molecule has 0 atom stereocenters. The number of aromatic nitrogens is 3. The smallest absolute Gasteiger partial charge is 0.321 e. The van der Waals surface area contributed by atoms with E-state index in [1.807, 2.05) is 11.5 Å². The van der Waals surface area contributed by atoms with Gasteiger partial charge in [-0.3, -0.25) is 10.1 Å². The van der Waals surface area contributed by atoms with E-state index in [0.717, 1.165) is 11.0 Å². The van der Waals surface area contributed by atoms with E-state index in [4.69, 9.17) is 5.73 Å². The van der Waals surface area contributed by atoms with Gasteiger partial charge in [0.25, 0.3) is 0 Å². The highest BCUT2D eigenvalue weighted by Gasteiger charge is 2.10. The summed E-state index contributed by atoms with van der Waals surface area (Å²) < 4.78 is 1.90. The molecule has 0 saturated heterocycles. The van der Waals surface area contributed by atoms with Crippen LogP contribution in [0.15, 0.2) is 5.16 Å². The lowest BCUT2D eigenvalue weighted by atomic mass is 10.4. The number of nitrogens with two attached hydrogens (primary N) is 1. The molecule has 106 valence electrons. The third-order valence-electron chi connectivity index (χ3n) is 2.29. The summed E-state index contributed by atoms with van der Waals surface area (Å²) >= 11 is 1.41. The van der Waals surface area contributed by atoms with Gasteiger partial charge >= 0.3 is 6.03 Å². The molecular weight excluding hydrogens is 268 g/mol. The van der Waals surface area contributed by atoms with Crippen LogP contribution in [0.1, 0.15) is 12.2 Å². The van der Waals surface area contributed by atoms with Crippen LogP contribution in [0.3, 0.4) is 0 Å². The number of carbonyl (C=O) groups excluding carboxylic acids is 2. The molecule has 0 radical (unpaired) electrons. The predicted octanol–water partition coefficient (Wildman–Crippen LogP) is -0.517. The second kappa shape index (κ2) is 7.74. The number of hydrogen-bond donors (Lipinski definition) is 3. The first-order valence-electron chi connectivity index (χ1n) is 5.82. The number of nitrogens with zero attached hydrogens (tertiary/aromatic N) is 3. The maximum Gasteiger partial charge on any atom is 0.321 e. The third-order valence-corrected chi connectivity index (χ3v) is 3.26. The van der Waals surface area contributed by atoms with Crippen LogP contribution in [-0.2, 0) is 11.3 Å². The molecular formula is C10H18N6O2S. The van der Waals surface area contributed by atoms with E-state index in [9.17, 15) is 9.59 Å². The van der Waals surface area contributed by atoms with E-state index >= 15 is 0 Å². The lowest BCUT2D eigenvalue weighted by Crippen LogP contribution is -2.37. The van der Waals surface area contributed by atoms with Crippen molar-refractivity contribution >= 4 is 23.7 Å². The summed E-state index contributed by atoms with van der Waals surface area (Å²) in [6.07, 6.45) is 0.229. The molecule has 0 aliphatic carbocycles. The minimum atomic E-state index is -0.503. The van der Waals surface area contributed by atoms with Crippen LogP contribution in [-0.4, -0.2) is 46.0 Å². The quantitative estimate of drug-likeness (QED) is 0.606. The molecule has 1 heterocycles. The molecule has 19 heavy (non-hydrogen) atoms. The van der Waals surface area contributed by atoms with Crippen LogP contribution in [0.2, 0.25) is 0 Å². The van der Waals surface area contributed by atoms with Gasteiger partial charge in [-0.05, 0) is 6.92 Å². The Kier molecular flexibility index (Phi) is 6.30. The van der Waals surface area contributed by atoms with E-state index < -0.39 is 6.03 Å². The maximum absolute atomic E-state index is 11.4. The van der Waals surface area contributed by atoms with Crippen molar-refractivity contribution < 1.29 is 9.59 Å². The largest absolute Gasteiger partial charge is 0.341 e. The fourth-order valence-electron chi connectivity index (χ4n) is 1.34. The van der Waals surface area contributed by atoms with Crippen LogP contribution in [0.5, 0.6) is 0 Å². The Morgan fingerprint density at radius 2 is 2.16 bits per heavy atom. The fraction of sp³-hybridized carbons (Fsp3) is 0.600. The van der Waals surface area contributed by atoms with Crippen LogP contribution in [0.25, 0.3) is 0 Å². The molecule has 0 aliphatic rings. The maximum atomic E-state index is 11.4. The molecule has 1 rings (SSSR count). The minimum absolute atomic E-state index is 0.229. The van der Waals surface area contributed by atoms with Crippen LogP contribution in [0.4, 0.5) is 4.79 Å². The van der Waals surface area contributed by atoms with E-state index in [2.05, 4.69) is 20.8 Å². The molecule has 9 heteroatoms.